The topological polar surface area (TPSA) is 72.9 Å². The second-order valence-corrected chi connectivity index (χ2v) is 6.48. The van der Waals surface area contributed by atoms with Crippen molar-refractivity contribution in [3.05, 3.63) is 0 Å². The van der Waals surface area contributed by atoms with Gasteiger partial charge in [0.05, 0.1) is 18.5 Å². The Morgan fingerprint density at radius 1 is 1.32 bits per heavy atom. The number of alkyl halides is 1. The number of rotatable bonds is 5. The van der Waals surface area contributed by atoms with Crippen molar-refractivity contribution in [2.75, 3.05) is 19.0 Å². The van der Waals surface area contributed by atoms with Crippen molar-refractivity contribution in [3.8, 4) is 0 Å². The quantitative estimate of drug-likeness (QED) is 0.439. The highest BCUT2D eigenvalue weighted by Gasteiger charge is 2.44. The van der Waals surface area contributed by atoms with E-state index in [0.29, 0.717) is 19.4 Å². The molecule has 1 saturated heterocycles. The van der Waals surface area contributed by atoms with Gasteiger partial charge in [0, 0.05) is 6.54 Å². The molecule has 2 unspecified atom stereocenters. The molecule has 22 heavy (non-hydrogen) atoms. The smallest absolute Gasteiger partial charge is 0.410 e. The van der Waals surface area contributed by atoms with E-state index < -0.39 is 35.4 Å². The van der Waals surface area contributed by atoms with Gasteiger partial charge >= 0.3 is 12.1 Å². The molecule has 126 valence electrons. The number of ketones is 1. The van der Waals surface area contributed by atoms with E-state index in [2.05, 4.69) is 0 Å². The molecule has 1 fully saturated rings. The molecule has 0 aromatic carbocycles. The van der Waals surface area contributed by atoms with Crippen molar-refractivity contribution in [1.29, 1.82) is 0 Å². The average molecular weight is 334 g/mol. The van der Waals surface area contributed by atoms with Crippen LogP contribution in [0.4, 0.5) is 4.79 Å². The fourth-order valence-corrected chi connectivity index (χ4v) is 2.67. The molecule has 1 aliphatic heterocycles. The van der Waals surface area contributed by atoms with Crippen molar-refractivity contribution in [3.63, 3.8) is 0 Å². The van der Waals surface area contributed by atoms with Gasteiger partial charge in [-0.3, -0.25) is 9.59 Å². The van der Waals surface area contributed by atoms with Crippen LogP contribution in [-0.4, -0.2) is 53.4 Å². The molecule has 0 radical (unpaired) electrons. The number of nitrogens with zero attached hydrogens (tertiary/aromatic N) is 1. The van der Waals surface area contributed by atoms with Crippen LogP contribution >= 0.6 is 11.6 Å². The molecule has 0 aliphatic carbocycles. The van der Waals surface area contributed by atoms with Gasteiger partial charge in [-0.05, 0) is 40.5 Å². The minimum atomic E-state index is -1.05. The minimum Gasteiger partial charge on any atom is -0.465 e. The Hall–Kier alpha value is -1.30. The van der Waals surface area contributed by atoms with E-state index in [1.54, 1.807) is 27.7 Å². The Labute approximate surface area is 136 Å². The fourth-order valence-electron chi connectivity index (χ4n) is 2.50. The molecule has 1 heterocycles. The minimum absolute atomic E-state index is 0.171. The lowest BCUT2D eigenvalue weighted by atomic mass is 9.94. The van der Waals surface area contributed by atoms with Gasteiger partial charge in [-0.1, -0.05) is 0 Å². The predicted molar refractivity (Wildman–Crippen MR) is 81.8 cm³/mol. The van der Waals surface area contributed by atoms with Crippen molar-refractivity contribution in [1.82, 2.24) is 4.90 Å². The zero-order valence-corrected chi connectivity index (χ0v) is 14.3. The van der Waals surface area contributed by atoms with Crippen LogP contribution in [0.2, 0.25) is 0 Å². The number of Topliss-reactive ketones (excluding diaryl/α,β-unsaturated/α-hetero) is 1. The van der Waals surface area contributed by atoms with Crippen LogP contribution in [-0.2, 0) is 19.1 Å². The third-order valence-electron chi connectivity index (χ3n) is 3.33. The number of carbonyl (C=O) groups is 3. The fraction of sp³-hybridized carbons (Fsp3) is 0.800. The van der Waals surface area contributed by atoms with Gasteiger partial charge in [0.1, 0.15) is 11.5 Å². The molecule has 0 bridgehead atoms. The van der Waals surface area contributed by atoms with Crippen LogP contribution in [0, 0.1) is 5.92 Å². The summed E-state index contributed by atoms with van der Waals surface area (Å²) in [7, 11) is 0. The number of halogens is 1. The van der Waals surface area contributed by atoms with Crippen LogP contribution in [0.5, 0.6) is 0 Å². The summed E-state index contributed by atoms with van der Waals surface area (Å²) in [6.45, 7) is 7.59. The highest BCUT2D eigenvalue weighted by atomic mass is 35.5. The number of carbonyl (C=O) groups excluding carboxylic acids is 3. The van der Waals surface area contributed by atoms with Gasteiger partial charge in [0.2, 0.25) is 0 Å². The molecule has 0 spiro atoms. The van der Waals surface area contributed by atoms with E-state index in [-0.39, 0.29) is 12.5 Å². The Morgan fingerprint density at radius 3 is 2.45 bits per heavy atom. The van der Waals surface area contributed by atoms with Crippen molar-refractivity contribution >= 4 is 29.4 Å². The molecule has 1 aliphatic rings. The van der Waals surface area contributed by atoms with Crippen molar-refractivity contribution in [2.24, 2.45) is 5.92 Å². The zero-order chi connectivity index (χ0) is 16.9. The number of likely N-dealkylation sites (tertiary alicyclic amines) is 1. The van der Waals surface area contributed by atoms with Gasteiger partial charge in [-0.25, -0.2) is 4.79 Å². The largest absolute Gasteiger partial charge is 0.465 e. The first-order valence-electron chi connectivity index (χ1n) is 7.46. The van der Waals surface area contributed by atoms with Gasteiger partial charge < -0.3 is 14.4 Å². The Morgan fingerprint density at radius 2 is 1.95 bits per heavy atom. The normalized spacial score (nSPS) is 19.7. The lowest BCUT2D eigenvalue weighted by Crippen LogP contribution is -2.48. The monoisotopic (exact) mass is 333 g/mol. The summed E-state index contributed by atoms with van der Waals surface area (Å²) >= 11 is 5.61. The Bertz CT molecular complexity index is 432. The number of ether oxygens (including phenoxy) is 2. The first kappa shape index (κ1) is 18.7. The van der Waals surface area contributed by atoms with Crippen LogP contribution < -0.4 is 0 Å². The summed E-state index contributed by atoms with van der Waals surface area (Å²) in [5.41, 5.74) is -0.639. The summed E-state index contributed by atoms with van der Waals surface area (Å²) in [6, 6.07) is -0.555. The summed E-state index contributed by atoms with van der Waals surface area (Å²) in [4.78, 5) is 37.9. The third-order valence-corrected chi connectivity index (χ3v) is 3.59. The average Bonchev–Trinajstić information content (AvgIpc) is 2.86. The van der Waals surface area contributed by atoms with Crippen LogP contribution in [0.3, 0.4) is 0 Å². The maximum absolute atomic E-state index is 12.3. The highest BCUT2D eigenvalue weighted by molar-refractivity contribution is 6.29. The van der Waals surface area contributed by atoms with Crippen molar-refractivity contribution < 1.29 is 23.9 Å². The molecule has 0 aromatic rings. The Balaban J connectivity index is 2.95. The van der Waals surface area contributed by atoms with Gasteiger partial charge in [0.15, 0.2) is 5.78 Å². The molecule has 7 heteroatoms. The van der Waals surface area contributed by atoms with E-state index in [9.17, 15) is 14.4 Å². The zero-order valence-electron chi connectivity index (χ0n) is 13.6. The lowest BCUT2D eigenvalue weighted by Gasteiger charge is -2.31. The first-order chi connectivity index (χ1) is 10.2. The molecule has 0 aromatic heterocycles. The maximum atomic E-state index is 12.3. The standard InChI is InChI=1S/C15H24ClNO5/c1-5-21-13(19)12(11(18)9-16)10-7-6-8-17(10)14(20)22-15(2,3)4/h10,12H,5-9H2,1-4H3. The van der Waals surface area contributed by atoms with E-state index in [0.717, 1.165) is 0 Å². The van der Waals surface area contributed by atoms with E-state index in [1.165, 1.54) is 4.90 Å². The van der Waals surface area contributed by atoms with Crippen LogP contribution in [0.15, 0.2) is 0 Å². The lowest BCUT2D eigenvalue weighted by molar-refractivity contribution is -0.153. The SMILES string of the molecule is CCOC(=O)C(C(=O)CCl)C1CCCN1C(=O)OC(C)(C)C. The molecular weight excluding hydrogens is 310 g/mol. The number of hydrogen-bond donors (Lipinski definition) is 0. The predicted octanol–water partition coefficient (Wildman–Crippen LogP) is 2.37. The molecule has 2 atom stereocenters. The van der Waals surface area contributed by atoms with E-state index >= 15 is 0 Å². The molecule has 1 amide bonds. The maximum Gasteiger partial charge on any atom is 0.410 e. The number of amides is 1. The summed E-state index contributed by atoms with van der Waals surface area (Å²) in [5.74, 6) is -2.40. The number of hydrogen-bond acceptors (Lipinski definition) is 5. The second kappa shape index (κ2) is 7.81. The summed E-state index contributed by atoms with van der Waals surface area (Å²) < 4.78 is 10.3. The van der Waals surface area contributed by atoms with Crippen LogP contribution in [0.25, 0.3) is 0 Å². The molecule has 1 rings (SSSR count). The van der Waals surface area contributed by atoms with E-state index in [1.807, 2.05) is 0 Å². The Kier molecular flexibility index (Phi) is 6.66. The van der Waals surface area contributed by atoms with Gasteiger partial charge in [-0.2, -0.15) is 0 Å². The van der Waals surface area contributed by atoms with Crippen LogP contribution in [0.1, 0.15) is 40.5 Å². The van der Waals surface area contributed by atoms with Gasteiger partial charge in [0.25, 0.3) is 0 Å². The first-order valence-corrected chi connectivity index (χ1v) is 7.99. The molecule has 0 N–H and O–H groups in total. The van der Waals surface area contributed by atoms with E-state index in [4.69, 9.17) is 21.1 Å². The third kappa shape index (κ3) is 4.87. The molecule has 6 nitrogen and oxygen atoms in total. The second-order valence-electron chi connectivity index (χ2n) is 6.21. The molecule has 0 saturated carbocycles. The molecular formula is C15H24ClNO5. The number of esters is 1. The summed E-state index contributed by atoms with van der Waals surface area (Å²) in [6.07, 6.45) is 0.729. The summed E-state index contributed by atoms with van der Waals surface area (Å²) in [5, 5.41) is 0. The van der Waals surface area contributed by atoms with Gasteiger partial charge in [-0.15, -0.1) is 11.6 Å². The van der Waals surface area contributed by atoms with Crippen molar-refractivity contribution in [2.45, 2.75) is 52.2 Å². The highest BCUT2D eigenvalue weighted by Crippen LogP contribution is 2.28.